The van der Waals surface area contributed by atoms with Crippen LogP contribution in [0.25, 0.3) is 10.9 Å². The van der Waals surface area contributed by atoms with Crippen LogP contribution in [0.15, 0.2) is 48.5 Å². The predicted octanol–water partition coefficient (Wildman–Crippen LogP) is 3.99. The monoisotopic (exact) mass is 468 g/mol. The van der Waals surface area contributed by atoms with E-state index in [1.54, 1.807) is 12.1 Å². The Hall–Kier alpha value is -2.76. The van der Waals surface area contributed by atoms with Gasteiger partial charge in [0.15, 0.2) is 0 Å². The lowest BCUT2D eigenvalue weighted by Gasteiger charge is -2.46. The number of pyridine rings is 1. The number of nitrogens with zero attached hydrogens (tertiary/aromatic N) is 2. The summed E-state index contributed by atoms with van der Waals surface area (Å²) in [6.07, 6.45) is -4.62. The third kappa shape index (κ3) is 4.41. The van der Waals surface area contributed by atoms with E-state index in [0.717, 1.165) is 15.9 Å². The molecule has 0 amide bonds. The molecule has 1 aromatic heterocycles. The molecule has 0 spiro atoms. The molecule has 1 aliphatic rings. The topological polar surface area (TPSA) is 88.3 Å². The number of hydrogen-bond donors (Lipinski definition) is 2. The Kier molecular flexibility index (Phi) is 5.60. The molecule has 170 valence electrons. The van der Waals surface area contributed by atoms with Crippen molar-refractivity contribution in [1.29, 1.82) is 0 Å². The molecule has 32 heavy (non-hydrogen) atoms. The zero-order valence-electron chi connectivity index (χ0n) is 16.9. The van der Waals surface area contributed by atoms with Crippen LogP contribution in [0.1, 0.15) is 22.9 Å². The van der Waals surface area contributed by atoms with E-state index in [1.807, 2.05) is 6.92 Å². The van der Waals surface area contributed by atoms with Gasteiger partial charge in [-0.1, -0.05) is 23.8 Å². The summed E-state index contributed by atoms with van der Waals surface area (Å²) < 4.78 is 78.3. The third-order valence-corrected chi connectivity index (χ3v) is 6.55. The summed E-state index contributed by atoms with van der Waals surface area (Å²) >= 11 is 0. The first-order chi connectivity index (χ1) is 14.9. The number of fused-ring (bicyclic) bond motifs is 1. The van der Waals surface area contributed by atoms with Gasteiger partial charge < -0.3 is 5.32 Å². The molecule has 0 saturated carbocycles. The van der Waals surface area contributed by atoms with E-state index in [1.165, 1.54) is 30.3 Å². The molecule has 4 rings (SSSR count). The third-order valence-electron chi connectivity index (χ3n) is 5.52. The lowest BCUT2D eigenvalue weighted by atomic mass is 9.85. The van der Waals surface area contributed by atoms with Gasteiger partial charge in [-0.15, -0.1) is 0 Å². The van der Waals surface area contributed by atoms with Crippen LogP contribution in [0.5, 0.6) is 0 Å². The number of halogens is 4. The molecule has 0 radical (unpaired) electrons. The number of rotatable bonds is 5. The quantitative estimate of drug-likeness (QED) is 0.555. The number of aryl methyl sites for hydroxylation is 1. The van der Waals surface area contributed by atoms with Crippen LogP contribution in [0.2, 0.25) is 0 Å². The molecule has 2 heterocycles. The highest BCUT2D eigenvalue weighted by atomic mass is 32.2. The molecule has 2 unspecified atom stereocenters. The van der Waals surface area contributed by atoms with Gasteiger partial charge in [-0.05, 0) is 42.8 Å². The minimum atomic E-state index is -4.62. The van der Waals surface area contributed by atoms with Crippen LogP contribution in [0.3, 0.4) is 0 Å². The number of alkyl halides is 3. The molecule has 0 bridgehead atoms. The summed E-state index contributed by atoms with van der Waals surface area (Å²) in [6.45, 7) is 2.09. The Morgan fingerprint density at radius 3 is 2.47 bits per heavy atom. The first-order valence-electron chi connectivity index (χ1n) is 9.71. The van der Waals surface area contributed by atoms with Crippen molar-refractivity contribution in [3.63, 3.8) is 0 Å². The lowest BCUT2D eigenvalue weighted by Crippen LogP contribution is -2.56. The van der Waals surface area contributed by atoms with Gasteiger partial charge in [0.05, 0.1) is 11.6 Å². The Morgan fingerprint density at radius 1 is 1.16 bits per heavy atom. The van der Waals surface area contributed by atoms with Crippen LogP contribution in [-0.2, 0) is 16.4 Å². The van der Waals surface area contributed by atoms with Gasteiger partial charge >= 0.3 is 6.18 Å². The fraction of sp³-hybridized carbons (Fsp3) is 0.286. The number of aromatic nitrogens is 1. The summed E-state index contributed by atoms with van der Waals surface area (Å²) in [4.78, 5) is 3.72. The standard InChI is InChI=1S/C21H20F4N4O2S/c1-12-2-7-17-16(8-12)18(9-19(28-17)21(23,24)25)27-10-14-11-29(32(26,30)31)20(14)13-3-5-15(22)6-4-13/h2-9,14,20H,10-11H2,1H3,(H,27,28)(H2,26,30,31). The molecule has 11 heteroatoms. The molecule has 0 aliphatic carbocycles. The Bertz CT molecular complexity index is 1260. The van der Waals surface area contributed by atoms with Crippen molar-refractivity contribution in [2.75, 3.05) is 18.4 Å². The van der Waals surface area contributed by atoms with Crippen molar-refractivity contribution in [3.05, 3.63) is 71.2 Å². The van der Waals surface area contributed by atoms with E-state index < -0.39 is 33.9 Å². The van der Waals surface area contributed by atoms with E-state index in [-0.39, 0.29) is 30.2 Å². The summed E-state index contributed by atoms with van der Waals surface area (Å²) in [5, 5.41) is 8.86. The minimum absolute atomic E-state index is 0.0854. The van der Waals surface area contributed by atoms with Gasteiger partial charge in [0.2, 0.25) is 0 Å². The van der Waals surface area contributed by atoms with Crippen molar-refractivity contribution >= 4 is 26.8 Å². The smallest absolute Gasteiger partial charge is 0.384 e. The highest BCUT2D eigenvalue weighted by molar-refractivity contribution is 7.86. The fourth-order valence-electron chi connectivity index (χ4n) is 3.95. The summed E-state index contributed by atoms with van der Waals surface area (Å²) in [7, 11) is -4.00. The maximum atomic E-state index is 13.3. The maximum Gasteiger partial charge on any atom is 0.433 e. The molecule has 3 N–H and O–H groups in total. The van der Waals surface area contributed by atoms with Gasteiger partial charge in [-0.2, -0.15) is 25.9 Å². The van der Waals surface area contributed by atoms with Crippen LogP contribution in [-0.4, -0.2) is 30.8 Å². The number of hydrogen-bond acceptors (Lipinski definition) is 4. The Labute approximate surface area is 182 Å². The molecule has 2 aromatic carbocycles. The van der Waals surface area contributed by atoms with Crippen LogP contribution in [0.4, 0.5) is 23.2 Å². The fourth-order valence-corrected chi connectivity index (χ4v) is 4.96. The highest BCUT2D eigenvalue weighted by Crippen LogP contribution is 2.41. The van der Waals surface area contributed by atoms with Gasteiger partial charge in [-0.3, -0.25) is 0 Å². The number of anilines is 1. The predicted molar refractivity (Wildman–Crippen MR) is 112 cm³/mol. The molecular formula is C21H20F4N4O2S. The van der Waals surface area contributed by atoms with Crippen molar-refractivity contribution in [1.82, 2.24) is 9.29 Å². The first-order valence-corrected chi connectivity index (χ1v) is 11.2. The van der Waals surface area contributed by atoms with E-state index in [9.17, 15) is 26.0 Å². The summed E-state index contributed by atoms with van der Waals surface area (Å²) in [5.74, 6) is -0.760. The summed E-state index contributed by atoms with van der Waals surface area (Å²) in [6, 6.07) is 10.6. The normalized spacial score (nSPS) is 19.7. The Balaban J connectivity index is 1.65. The van der Waals surface area contributed by atoms with Crippen LogP contribution in [0, 0.1) is 18.7 Å². The zero-order chi connectivity index (χ0) is 23.3. The van der Waals surface area contributed by atoms with Crippen molar-refractivity contribution in [2.24, 2.45) is 11.1 Å². The highest BCUT2D eigenvalue weighted by Gasteiger charge is 2.45. The number of benzene rings is 2. The molecule has 1 aliphatic heterocycles. The number of nitrogens with one attached hydrogen (secondary N) is 1. The summed E-state index contributed by atoms with van der Waals surface area (Å²) in [5.41, 5.74) is 0.826. The molecule has 2 atom stereocenters. The minimum Gasteiger partial charge on any atom is -0.384 e. The molecular weight excluding hydrogens is 448 g/mol. The molecule has 1 saturated heterocycles. The van der Waals surface area contributed by atoms with Crippen molar-refractivity contribution in [2.45, 2.75) is 19.1 Å². The first kappa shape index (κ1) is 22.4. The van der Waals surface area contributed by atoms with Gasteiger partial charge in [0.25, 0.3) is 10.2 Å². The average Bonchev–Trinajstić information content (AvgIpc) is 2.67. The van der Waals surface area contributed by atoms with Crippen molar-refractivity contribution in [3.8, 4) is 0 Å². The van der Waals surface area contributed by atoms with E-state index in [4.69, 9.17) is 5.14 Å². The van der Waals surface area contributed by atoms with E-state index in [2.05, 4.69) is 10.3 Å². The lowest BCUT2D eigenvalue weighted by molar-refractivity contribution is -0.140. The molecule has 6 nitrogen and oxygen atoms in total. The van der Waals surface area contributed by atoms with E-state index in [0.29, 0.717) is 10.9 Å². The van der Waals surface area contributed by atoms with Gasteiger partial charge in [-0.25, -0.2) is 14.5 Å². The van der Waals surface area contributed by atoms with Crippen molar-refractivity contribution < 1.29 is 26.0 Å². The average molecular weight is 468 g/mol. The number of nitrogens with two attached hydrogens (primary N) is 1. The van der Waals surface area contributed by atoms with Crippen LogP contribution >= 0.6 is 0 Å². The largest absolute Gasteiger partial charge is 0.433 e. The Morgan fingerprint density at radius 2 is 1.84 bits per heavy atom. The SMILES string of the molecule is Cc1ccc2nc(C(F)(F)F)cc(NCC3CN(S(N)(=O)=O)C3c3ccc(F)cc3)c2c1. The van der Waals surface area contributed by atoms with Gasteiger partial charge in [0.1, 0.15) is 11.5 Å². The van der Waals surface area contributed by atoms with E-state index >= 15 is 0 Å². The second-order valence-corrected chi connectivity index (χ2v) is 9.32. The maximum absolute atomic E-state index is 13.3. The zero-order valence-corrected chi connectivity index (χ0v) is 17.7. The molecule has 1 fully saturated rings. The van der Waals surface area contributed by atoms with Crippen LogP contribution < -0.4 is 10.5 Å². The molecule has 3 aromatic rings. The second kappa shape index (κ2) is 7.98. The van der Waals surface area contributed by atoms with Gasteiger partial charge in [0, 0.05) is 30.1 Å². The second-order valence-electron chi connectivity index (χ2n) is 7.83.